The van der Waals surface area contributed by atoms with Crippen LogP contribution in [-0.4, -0.2) is 18.1 Å². The number of rotatable bonds is 7. The maximum absolute atomic E-state index is 12.1. The van der Waals surface area contributed by atoms with Crippen LogP contribution in [0.25, 0.3) is 0 Å². The normalized spacial score (nSPS) is 13.9. The van der Waals surface area contributed by atoms with Crippen LogP contribution in [0.3, 0.4) is 0 Å². The molecule has 0 fully saturated rings. The predicted octanol–water partition coefficient (Wildman–Crippen LogP) is 4.19. The lowest BCUT2D eigenvalue weighted by atomic mass is 10.0. The Labute approximate surface area is 129 Å². The van der Waals surface area contributed by atoms with Crippen molar-refractivity contribution in [3.63, 3.8) is 0 Å². The molecule has 0 aliphatic rings. The summed E-state index contributed by atoms with van der Waals surface area (Å²) in [5, 5.41) is 2.99. The van der Waals surface area contributed by atoms with Crippen LogP contribution >= 0.6 is 0 Å². The smallest absolute Gasteiger partial charge is 0.260 e. The van der Waals surface area contributed by atoms with E-state index in [-0.39, 0.29) is 11.9 Å². The maximum Gasteiger partial charge on any atom is 0.260 e. The molecule has 1 aromatic carbocycles. The monoisotopic (exact) mass is 291 g/mol. The summed E-state index contributed by atoms with van der Waals surface area (Å²) in [6.07, 6.45) is 1.57. The van der Waals surface area contributed by atoms with Crippen molar-refractivity contribution in [2.75, 3.05) is 0 Å². The summed E-state index contributed by atoms with van der Waals surface area (Å²) in [6.45, 7) is 12.2. The molecule has 0 radical (unpaired) electrons. The fraction of sp³-hybridized carbons (Fsp3) is 0.611. The minimum Gasteiger partial charge on any atom is -0.481 e. The van der Waals surface area contributed by atoms with Crippen molar-refractivity contribution in [1.82, 2.24) is 5.32 Å². The Bertz CT molecular complexity index is 468. The van der Waals surface area contributed by atoms with E-state index in [9.17, 15) is 4.79 Å². The highest BCUT2D eigenvalue weighted by Crippen LogP contribution is 2.25. The summed E-state index contributed by atoms with van der Waals surface area (Å²) in [5.74, 6) is 1.19. The minimum absolute atomic E-state index is 0.0506. The van der Waals surface area contributed by atoms with E-state index < -0.39 is 6.10 Å². The van der Waals surface area contributed by atoms with Crippen molar-refractivity contribution >= 4 is 5.91 Å². The lowest BCUT2D eigenvalue weighted by Gasteiger charge is -2.20. The molecular weight excluding hydrogens is 262 g/mol. The van der Waals surface area contributed by atoms with Crippen molar-refractivity contribution < 1.29 is 9.53 Å². The molecular formula is C18H29NO2. The largest absolute Gasteiger partial charge is 0.481 e. The number of hydrogen-bond acceptors (Lipinski definition) is 2. The van der Waals surface area contributed by atoms with E-state index in [1.807, 2.05) is 19.9 Å². The van der Waals surface area contributed by atoms with Crippen molar-refractivity contribution in [2.45, 2.75) is 72.4 Å². The summed E-state index contributed by atoms with van der Waals surface area (Å²) in [7, 11) is 0. The molecule has 0 saturated carbocycles. The molecule has 0 bridgehead atoms. The maximum atomic E-state index is 12.1. The van der Waals surface area contributed by atoms with Crippen LogP contribution in [0.5, 0.6) is 5.75 Å². The topological polar surface area (TPSA) is 38.3 Å². The fourth-order valence-corrected chi connectivity index (χ4v) is 2.21. The van der Waals surface area contributed by atoms with Gasteiger partial charge in [-0.25, -0.2) is 0 Å². The third-order valence-electron chi connectivity index (χ3n) is 3.66. The summed E-state index contributed by atoms with van der Waals surface area (Å²) < 4.78 is 5.86. The first-order valence-electron chi connectivity index (χ1n) is 7.92. The molecule has 0 saturated heterocycles. The van der Waals surface area contributed by atoms with Crippen LogP contribution in [0.1, 0.15) is 64.5 Å². The molecule has 1 N–H and O–H groups in total. The Kier molecular flexibility index (Phi) is 6.73. The molecule has 0 aromatic heterocycles. The van der Waals surface area contributed by atoms with Gasteiger partial charge in [0, 0.05) is 6.04 Å². The van der Waals surface area contributed by atoms with Gasteiger partial charge >= 0.3 is 0 Å². The van der Waals surface area contributed by atoms with E-state index in [0.29, 0.717) is 5.92 Å². The summed E-state index contributed by atoms with van der Waals surface area (Å²) in [4.78, 5) is 12.1. The highest BCUT2D eigenvalue weighted by atomic mass is 16.5. The van der Waals surface area contributed by atoms with Crippen LogP contribution in [-0.2, 0) is 4.79 Å². The minimum atomic E-state index is -0.481. The van der Waals surface area contributed by atoms with Crippen LogP contribution in [0.4, 0.5) is 0 Å². The van der Waals surface area contributed by atoms with E-state index in [1.54, 1.807) is 6.92 Å². The quantitative estimate of drug-likeness (QED) is 0.818. The molecule has 1 aromatic rings. The highest BCUT2D eigenvalue weighted by molar-refractivity contribution is 5.81. The number of amides is 1. The Morgan fingerprint density at radius 2 is 1.90 bits per heavy atom. The highest BCUT2D eigenvalue weighted by Gasteiger charge is 2.17. The van der Waals surface area contributed by atoms with Gasteiger partial charge in [0.1, 0.15) is 5.75 Å². The van der Waals surface area contributed by atoms with Gasteiger partial charge in [-0.3, -0.25) is 4.79 Å². The SMILES string of the molecule is CCCC(C)NC(=O)C(C)Oc1cc(C(C)C)ccc1C. The molecule has 3 nitrogen and oxygen atoms in total. The molecule has 1 amide bonds. The van der Waals surface area contributed by atoms with Gasteiger partial charge in [0.25, 0.3) is 5.91 Å². The zero-order chi connectivity index (χ0) is 16.0. The first-order valence-corrected chi connectivity index (χ1v) is 7.92. The van der Waals surface area contributed by atoms with Crippen LogP contribution in [0, 0.1) is 6.92 Å². The van der Waals surface area contributed by atoms with Crippen LogP contribution < -0.4 is 10.1 Å². The molecule has 3 heteroatoms. The molecule has 0 aliphatic carbocycles. The van der Waals surface area contributed by atoms with Crippen molar-refractivity contribution in [3.05, 3.63) is 29.3 Å². The molecule has 118 valence electrons. The lowest BCUT2D eigenvalue weighted by molar-refractivity contribution is -0.127. The van der Waals surface area contributed by atoms with Crippen molar-refractivity contribution in [1.29, 1.82) is 0 Å². The Hall–Kier alpha value is -1.51. The first kappa shape index (κ1) is 17.5. The molecule has 21 heavy (non-hydrogen) atoms. The molecule has 2 unspecified atom stereocenters. The predicted molar refractivity (Wildman–Crippen MR) is 87.9 cm³/mol. The van der Waals surface area contributed by atoms with Gasteiger partial charge in [-0.15, -0.1) is 0 Å². The van der Waals surface area contributed by atoms with E-state index in [0.717, 1.165) is 24.2 Å². The van der Waals surface area contributed by atoms with Gasteiger partial charge in [-0.2, -0.15) is 0 Å². The third-order valence-corrected chi connectivity index (χ3v) is 3.66. The second-order valence-electron chi connectivity index (χ2n) is 6.14. The Balaban J connectivity index is 2.71. The molecule has 1 rings (SSSR count). The van der Waals surface area contributed by atoms with Gasteiger partial charge in [-0.1, -0.05) is 39.3 Å². The Morgan fingerprint density at radius 3 is 2.48 bits per heavy atom. The molecule has 0 heterocycles. The number of hydrogen-bond donors (Lipinski definition) is 1. The molecule has 0 aliphatic heterocycles. The standard InChI is InChI=1S/C18H29NO2/c1-7-8-14(5)19-18(20)15(6)21-17-11-16(12(2)3)10-9-13(17)4/h9-12,14-15H,7-8H2,1-6H3,(H,19,20). The average molecular weight is 291 g/mol. The van der Waals surface area contributed by atoms with Crippen molar-refractivity contribution in [3.8, 4) is 5.75 Å². The summed E-state index contributed by atoms with van der Waals surface area (Å²) in [6, 6.07) is 6.39. The number of nitrogens with one attached hydrogen (secondary N) is 1. The summed E-state index contributed by atoms with van der Waals surface area (Å²) in [5.41, 5.74) is 2.28. The average Bonchev–Trinajstić information content (AvgIpc) is 2.40. The number of aryl methyl sites for hydroxylation is 1. The molecule has 2 atom stereocenters. The number of carbonyl (C=O) groups is 1. The fourth-order valence-electron chi connectivity index (χ4n) is 2.21. The van der Waals surface area contributed by atoms with Crippen LogP contribution in [0.2, 0.25) is 0 Å². The second-order valence-corrected chi connectivity index (χ2v) is 6.14. The van der Waals surface area contributed by atoms with E-state index >= 15 is 0 Å². The number of ether oxygens (including phenoxy) is 1. The first-order chi connectivity index (χ1) is 9.85. The number of carbonyl (C=O) groups excluding carboxylic acids is 1. The number of benzene rings is 1. The zero-order valence-corrected chi connectivity index (χ0v) is 14.2. The van der Waals surface area contributed by atoms with Gasteiger partial charge in [0.15, 0.2) is 6.10 Å². The van der Waals surface area contributed by atoms with Gasteiger partial charge < -0.3 is 10.1 Å². The van der Waals surface area contributed by atoms with E-state index in [2.05, 4.69) is 38.2 Å². The second kappa shape index (κ2) is 8.06. The summed E-state index contributed by atoms with van der Waals surface area (Å²) >= 11 is 0. The van der Waals surface area contributed by atoms with Gasteiger partial charge in [0.2, 0.25) is 0 Å². The Morgan fingerprint density at radius 1 is 1.24 bits per heavy atom. The lowest BCUT2D eigenvalue weighted by Crippen LogP contribution is -2.41. The van der Waals surface area contributed by atoms with Gasteiger partial charge in [0.05, 0.1) is 0 Å². The van der Waals surface area contributed by atoms with Gasteiger partial charge in [-0.05, 0) is 50.3 Å². The molecule has 0 spiro atoms. The van der Waals surface area contributed by atoms with Crippen molar-refractivity contribution in [2.24, 2.45) is 0 Å². The van der Waals surface area contributed by atoms with Crippen LogP contribution in [0.15, 0.2) is 18.2 Å². The van der Waals surface area contributed by atoms with E-state index in [4.69, 9.17) is 4.74 Å². The zero-order valence-electron chi connectivity index (χ0n) is 14.2. The third kappa shape index (κ3) is 5.41. The van der Waals surface area contributed by atoms with E-state index in [1.165, 1.54) is 5.56 Å².